The van der Waals surface area contributed by atoms with E-state index >= 15 is 0 Å². The summed E-state index contributed by atoms with van der Waals surface area (Å²) in [5, 5.41) is 0. The number of nitrogens with zero attached hydrogens (tertiary/aromatic N) is 1. The van der Waals surface area contributed by atoms with Gasteiger partial charge in [-0.3, -0.25) is 0 Å². The van der Waals surface area contributed by atoms with Crippen molar-refractivity contribution in [1.29, 1.82) is 0 Å². The predicted molar refractivity (Wildman–Crippen MR) is 58.3 cm³/mol. The monoisotopic (exact) mass is 197 g/mol. The Bertz CT molecular complexity index is 169. The highest BCUT2D eigenvalue weighted by atomic mass is 16.5. The van der Waals surface area contributed by atoms with Crippen LogP contribution in [0.3, 0.4) is 0 Å². The highest BCUT2D eigenvalue weighted by molar-refractivity contribution is 4.81. The molecule has 0 amide bonds. The summed E-state index contributed by atoms with van der Waals surface area (Å²) in [6, 6.07) is 0. The van der Waals surface area contributed by atoms with E-state index < -0.39 is 0 Å². The largest absolute Gasteiger partial charge is 0.381 e. The summed E-state index contributed by atoms with van der Waals surface area (Å²) >= 11 is 0. The molecule has 0 aromatic carbocycles. The lowest BCUT2D eigenvalue weighted by atomic mass is 9.83. The molecule has 2 saturated heterocycles. The minimum Gasteiger partial charge on any atom is -0.381 e. The van der Waals surface area contributed by atoms with E-state index in [-0.39, 0.29) is 0 Å². The first-order valence-corrected chi connectivity index (χ1v) is 6.06. The minimum absolute atomic E-state index is 0.818. The van der Waals surface area contributed by atoms with Crippen LogP contribution in [0.1, 0.15) is 26.7 Å². The molecule has 0 radical (unpaired) electrons. The molecule has 0 aromatic heterocycles. The Hall–Kier alpha value is -0.0800. The summed E-state index contributed by atoms with van der Waals surface area (Å²) in [4.78, 5) is 2.63. The average molecular weight is 197 g/mol. The summed E-state index contributed by atoms with van der Waals surface area (Å²) in [6.45, 7) is 10.6. The summed E-state index contributed by atoms with van der Waals surface area (Å²) in [7, 11) is 0. The van der Waals surface area contributed by atoms with Gasteiger partial charge in [0.15, 0.2) is 0 Å². The fourth-order valence-electron chi connectivity index (χ4n) is 2.65. The number of hydrogen-bond donors (Lipinski definition) is 0. The lowest BCUT2D eigenvalue weighted by Crippen LogP contribution is -2.42. The third-order valence-corrected chi connectivity index (χ3v) is 3.59. The molecule has 2 heterocycles. The zero-order valence-corrected chi connectivity index (χ0v) is 9.54. The fourth-order valence-corrected chi connectivity index (χ4v) is 2.65. The maximum absolute atomic E-state index is 5.27. The smallest absolute Gasteiger partial charge is 0.0519 e. The van der Waals surface area contributed by atoms with Crippen molar-refractivity contribution in [3.8, 4) is 0 Å². The van der Waals surface area contributed by atoms with Gasteiger partial charge in [-0.15, -0.1) is 0 Å². The van der Waals surface area contributed by atoms with Crippen LogP contribution in [0.2, 0.25) is 0 Å². The summed E-state index contributed by atoms with van der Waals surface area (Å²) in [6.07, 6.45) is 2.81. The highest BCUT2D eigenvalue weighted by Gasteiger charge is 2.31. The molecule has 0 bridgehead atoms. The van der Waals surface area contributed by atoms with Crippen LogP contribution in [0.5, 0.6) is 0 Å². The zero-order valence-electron chi connectivity index (χ0n) is 9.54. The molecule has 2 heteroatoms. The number of hydrogen-bond acceptors (Lipinski definition) is 2. The molecule has 0 atom stereocenters. The quantitative estimate of drug-likeness (QED) is 0.686. The van der Waals surface area contributed by atoms with E-state index in [1.165, 1.54) is 32.5 Å². The Balaban J connectivity index is 1.69. The molecule has 82 valence electrons. The molecule has 0 N–H and O–H groups in total. The average Bonchev–Trinajstić information content (AvgIpc) is 2.04. The Morgan fingerprint density at radius 2 is 1.79 bits per heavy atom. The van der Waals surface area contributed by atoms with Crippen LogP contribution in [0.4, 0.5) is 0 Å². The van der Waals surface area contributed by atoms with Crippen molar-refractivity contribution < 1.29 is 4.74 Å². The highest BCUT2D eigenvalue weighted by Crippen LogP contribution is 2.29. The van der Waals surface area contributed by atoms with Crippen LogP contribution in [0, 0.1) is 17.8 Å². The standard InChI is InChI=1S/C12H23NO/c1-10(2)7-13-5-3-11(4-6-13)12-8-14-9-12/h10-12H,3-9H2,1-2H3. The van der Waals surface area contributed by atoms with Gasteiger partial charge in [0.05, 0.1) is 13.2 Å². The second-order valence-corrected chi connectivity index (χ2v) is 5.33. The van der Waals surface area contributed by atoms with Gasteiger partial charge in [-0.1, -0.05) is 13.8 Å². The van der Waals surface area contributed by atoms with E-state index in [0.717, 1.165) is 31.0 Å². The van der Waals surface area contributed by atoms with Crippen molar-refractivity contribution in [1.82, 2.24) is 4.90 Å². The van der Waals surface area contributed by atoms with E-state index in [0.29, 0.717) is 0 Å². The van der Waals surface area contributed by atoms with Crippen molar-refractivity contribution in [3.63, 3.8) is 0 Å². The van der Waals surface area contributed by atoms with E-state index in [2.05, 4.69) is 18.7 Å². The van der Waals surface area contributed by atoms with E-state index in [1.54, 1.807) is 0 Å². The van der Waals surface area contributed by atoms with Crippen molar-refractivity contribution in [3.05, 3.63) is 0 Å². The SMILES string of the molecule is CC(C)CN1CCC(C2COC2)CC1. The number of piperidine rings is 1. The molecular formula is C12H23NO. The van der Waals surface area contributed by atoms with Gasteiger partial charge in [0.1, 0.15) is 0 Å². The lowest BCUT2D eigenvalue weighted by molar-refractivity contribution is -0.0726. The third kappa shape index (κ3) is 2.48. The molecule has 2 nitrogen and oxygen atoms in total. The number of ether oxygens (including phenoxy) is 1. The first kappa shape index (κ1) is 10.4. The van der Waals surface area contributed by atoms with E-state index in [9.17, 15) is 0 Å². The second kappa shape index (κ2) is 4.63. The van der Waals surface area contributed by atoms with E-state index in [1.807, 2.05) is 0 Å². The van der Waals surface area contributed by atoms with Gasteiger partial charge in [0.25, 0.3) is 0 Å². The normalized spacial score (nSPS) is 26.8. The maximum Gasteiger partial charge on any atom is 0.0519 e. The van der Waals surface area contributed by atoms with E-state index in [4.69, 9.17) is 4.74 Å². The summed E-state index contributed by atoms with van der Waals surface area (Å²) in [5.41, 5.74) is 0. The molecule has 2 rings (SSSR count). The maximum atomic E-state index is 5.27. The zero-order chi connectivity index (χ0) is 9.97. The van der Waals surface area contributed by atoms with Crippen molar-refractivity contribution in [2.45, 2.75) is 26.7 Å². The van der Waals surface area contributed by atoms with Crippen molar-refractivity contribution in [2.75, 3.05) is 32.8 Å². The lowest BCUT2D eigenvalue weighted by Gasteiger charge is -2.40. The van der Waals surface area contributed by atoms with Crippen LogP contribution in [0.15, 0.2) is 0 Å². The Morgan fingerprint density at radius 1 is 1.14 bits per heavy atom. The molecule has 0 spiro atoms. The Kier molecular flexibility index (Phi) is 3.45. The van der Waals surface area contributed by atoms with Crippen LogP contribution in [-0.2, 0) is 4.74 Å². The van der Waals surface area contributed by atoms with Gasteiger partial charge in [0, 0.05) is 12.5 Å². The second-order valence-electron chi connectivity index (χ2n) is 5.33. The molecule has 14 heavy (non-hydrogen) atoms. The molecule has 2 fully saturated rings. The summed E-state index contributed by atoms with van der Waals surface area (Å²) in [5.74, 6) is 2.68. The molecule has 0 aliphatic carbocycles. The van der Waals surface area contributed by atoms with Crippen molar-refractivity contribution >= 4 is 0 Å². The molecule has 0 aromatic rings. The Morgan fingerprint density at radius 3 is 2.21 bits per heavy atom. The number of rotatable bonds is 3. The van der Waals surface area contributed by atoms with Gasteiger partial charge in [-0.25, -0.2) is 0 Å². The number of likely N-dealkylation sites (tertiary alicyclic amines) is 1. The molecule has 2 aliphatic heterocycles. The molecule has 0 unspecified atom stereocenters. The van der Waals surface area contributed by atoms with Crippen LogP contribution in [-0.4, -0.2) is 37.7 Å². The van der Waals surface area contributed by atoms with Gasteiger partial charge in [0.2, 0.25) is 0 Å². The van der Waals surface area contributed by atoms with Crippen LogP contribution >= 0.6 is 0 Å². The van der Waals surface area contributed by atoms with Crippen LogP contribution < -0.4 is 0 Å². The topological polar surface area (TPSA) is 12.5 Å². The molecule has 2 aliphatic rings. The molecular weight excluding hydrogens is 174 g/mol. The van der Waals surface area contributed by atoms with Crippen molar-refractivity contribution in [2.24, 2.45) is 17.8 Å². The Labute approximate surface area is 87.6 Å². The minimum atomic E-state index is 0.818. The third-order valence-electron chi connectivity index (χ3n) is 3.59. The first-order valence-electron chi connectivity index (χ1n) is 6.06. The van der Waals surface area contributed by atoms with Crippen LogP contribution in [0.25, 0.3) is 0 Å². The molecule has 0 saturated carbocycles. The van der Waals surface area contributed by atoms with Gasteiger partial charge >= 0.3 is 0 Å². The first-order chi connectivity index (χ1) is 6.75. The van der Waals surface area contributed by atoms with Gasteiger partial charge in [-0.05, 0) is 37.8 Å². The van der Waals surface area contributed by atoms with Gasteiger partial charge in [-0.2, -0.15) is 0 Å². The summed E-state index contributed by atoms with van der Waals surface area (Å²) < 4.78 is 5.27. The van der Waals surface area contributed by atoms with Gasteiger partial charge < -0.3 is 9.64 Å². The predicted octanol–water partition coefficient (Wildman–Crippen LogP) is 2.00. The fraction of sp³-hybridized carbons (Fsp3) is 1.00.